The Bertz CT molecular complexity index is 777. The Hall–Kier alpha value is -2.23. The fraction of sp³-hybridized carbons (Fsp3) is 0.381. The van der Waals surface area contributed by atoms with Crippen LogP contribution in [0.2, 0.25) is 0 Å². The van der Waals surface area contributed by atoms with E-state index in [0.717, 1.165) is 17.7 Å². The lowest BCUT2D eigenvalue weighted by Crippen LogP contribution is -2.38. The fourth-order valence-corrected chi connectivity index (χ4v) is 2.75. The van der Waals surface area contributed by atoms with Gasteiger partial charge in [0.2, 0.25) is 0 Å². The Morgan fingerprint density at radius 2 is 1.69 bits per heavy atom. The highest BCUT2D eigenvalue weighted by molar-refractivity contribution is 14.0. The molecule has 2 aromatic carbocycles. The van der Waals surface area contributed by atoms with E-state index < -0.39 is 0 Å². The number of aliphatic imine (C=N–C) groups is 1. The molecule has 0 bridgehead atoms. The van der Waals surface area contributed by atoms with Gasteiger partial charge in [0.05, 0.1) is 33.4 Å². The maximum absolute atomic E-state index is 13.3. The SMILES string of the molecule is CCNC(=NCc1c(OC)cc(OC)cc1OC)NCCc1cccc(F)c1.I. The van der Waals surface area contributed by atoms with Gasteiger partial charge in [-0.2, -0.15) is 0 Å². The van der Waals surface area contributed by atoms with Crippen molar-refractivity contribution in [1.29, 1.82) is 0 Å². The summed E-state index contributed by atoms with van der Waals surface area (Å²) in [6.45, 7) is 3.72. The maximum Gasteiger partial charge on any atom is 0.191 e. The van der Waals surface area contributed by atoms with Crippen molar-refractivity contribution in [2.75, 3.05) is 34.4 Å². The van der Waals surface area contributed by atoms with Crippen molar-refractivity contribution >= 4 is 29.9 Å². The third-order valence-corrected chi connectivity index (χ3v) is 4.15. The first-order chi connectivity index (χ1) is 13.6. The lowest BCUT2D eigenvalue weighted by Gasteiger charge is -2.15. The van der Waals surface area contributed by atoms with E-state index in [0.29, 0.717) is 42.7 Å². The molecule has 0 heterocycles. The predicted octanol–water partition coefficient (Wildman–Crippen LogP) is 3.77. The lowest BCUT2D eigenvalue weighted by molar-refractivity contribution is 0.369. The molecule has 29 heavy (non-hydrogen) atoms. The van der Waals surface area contributed by atoms with Crippen LogP contribution >= 0.6 is 24.0 Å². The standard InChI is InChI=1S/C21H28FN3O3.HI/c1-5-23-21(24-10-9-15-7-6-8-16(22)11-15)25-14-18-19(27-3)12-17(26-2)13-20(18)28-4;/h6-8,11-13H,5,9-10,14H2,1-4H3,(H2,23,24,25);1H. The number of halogens is 2. The van der Waals surface area contributed by atoms with Crippen molar-refractivity contribution in [2.45, 2.75) is 19.9 Å². The smallest absolute Gasteiger partial charge is 0.191 e. The Morgan fingerprint density at radius 1 is 1.00 bits per heavy atom. The van der Waals surface area contributed by atoms with E-state index >= 15 is 0 Å². The number of methoxy groups -OCH3 is 3. The van der Waals surface area contributed by atoms with Gasteiger partial charge < -0.3 is 24.8 Å². The molecule has 160 valence electrons. The zero-order valence-corrected chi connectivity index (χ0v) is 19.6. The van der Waals surface area contributed by atoms with E-state index in [1.54, 1.807) is 45.6 Å². The highest BCUT2D eigenvalue weighted by Crippen LogP contribution is 2.34. The van der Waals surface area contributed by atoms with Crippen molar-refractivity contribution in [1.82, 2.24) is 10.6 Å². The van der Waals surface area contributed by atoms with Gasteiger partial charge in [-0.1, -0.05) is 12.1 Å². The molecule has 2 N–H and O–H groups in total. The Kier molecular flexibility index (Phi) is 11.2. The van der Waals surface area contributed by atoms with Crippen molar-refractivity contribution in [3.8, 4) is 17.2 Å². The largest absolute Gasteiger partial charge is 0.496 e. The normalized spacial score (nSPS) is 10.7. The quantitative estimate of drug-likeness (QED) is 0.301. The van der Waals surface area contributed by atoms with Crippen LogP contribution in [0.3, 0.4) is 0 Å². The minimum atomic E-state index is -0.225. The average molecular weight is 517 g/mol. The zero-order valence-electron chi connectivity index (χ0n) is 17.3. The number of ether oxygens (including phenoxy) is 3. The van der Waals surface area contributed by atoms with E-state index in [1.807, 2.05) is 13.0 Å². The summed E-state index contributed by atoms with van der Waals surface area (Å²) in [5, 5.41) is 6.47. The molecule has 0 spiro atoms. The molecule has 0 amide bonds. The predicted molar refractivity (Wildman–Crippen MR) is 124 cm³/mol. The second-order valence-electron chi connectivity index (χ2n) is 6.01. The molecule has 0 saturated carbocycles. The molecule has 2 aromatic rings. The summed E-state index contributed by atoms with van der Waals surface area (Å²) in [4.78, 5) is 4.62. The lowest BCUT2D eigenvalue weighted by atomic mass is 10.1. The number of hydrogen-bond donors (Lipinski definition) is 2. The molecule has 0 aliphatic heterocycles. The van der Waals surface area contributed by atoms with Gasteiger partial charge in [-0.25, -0.2) is 9.38 Å². The average Bonchev–Trinajstić information content (AvgIpc) is 2.71. The summed E-state index contributed by atoms with van der Waals surface area (Å²) >= 11 is 0. The van der Waals surface area contributed by atoms with E-state index in [4.69, 9.17) is 14.2 Å². The summed E-state index contributed by atoms with van der Waals surface area (Å²) < 4.78 is 29.5. The van der Waals surface area contributed by atoms with Crippen LogP contribution in [0.4, 0.5) is 4.39 Å². The van der Waals surface area contributed by atoms with Gasteiger partial charge in [0.25, 0.3) is 0 Å². The van der Waals surface area contributed by atoms with Crippen LogP contribution in [0.15, 0.2) is 41.4 Å². The summed E-state index contributed by atoms with van der Waals surface area (Å²) in [7, 11) is 4.80. The third-order valence-electron chi connectivity index (χ3n) is 4.15. The van der Waals surface area contributed by atoms with Crippen molar-refractivity contribution < 1.29 is 18.6 Å². The van der Waals surface area contributed by atoms with Crippen LogP contribution < -0.4 is 24.8 Å². The fourth-order valence-electron chi connectivity index (χ4n) is 2.75. The Balaban J connectivity index is 0.00000420. The Morgan fingerprint density at radius 3 is 2.24 bits per heavy atom. The van der Waals surface area contributed by atoms with Gasteiger partial charge in [-0.05, 0) is 31.0 Å². The second-order valence-corrected chi connectivity index (χ2v) is 6.01. The molecule has 0 saturated heterocycles. The molecule has 0 unspecified atom stereocenters. The number of hydrogen-bond acceptors (Lipinski definition) is 4. The van der Waals surface area contributed by atoms with Crippen LogP contribution in [0, 0.1) is 5.82 Å². The van der Waals surface area contributed by atoms with E-state index in [2.05, 4.69) is 15.6 Å². The molecular formula is C21H29FIN3O3. The molecule has 0 atom stereocenters. The van der Waals surface area contributed by atoms with Crippen molar-refractivity contribution in [2.24, 2.45) is 4.99 Å². The van der Waals surface area contributed by atoms with Gasteiger partial charge in [-0.3, -0.25) is 0 Å². The summed E-state index contributed by atoms with van der Waals surface area (Å²) in [6.07, 6.45) is 0.692. The van der Waals surface area contributed by atoms with E-state index in [9.17, 15) is 4.39 Å². The van der Waals surface area contributed by atoms with Crippen LogP contribution in [-0.4, -0.2) is 40.4 Å². The number of benzene rings is 2. The Labute approximate surface area is 188 Å². The molecule has 8 heteroatoms. The highest BCUT2D eigenvalue weighted by atomic mass is 127. The van der Waals surface area contributed by atoms with Crippen molar-refractivity contribution in [3.63, 3.8) is 0 Å². The van der Waals surface area contributed by atoms with Crippen LogP contribution in [-0.2, 0) is 13.0 Å². The van der Waals surface area contributed by atoms with E-state index in [-0.39, 0.29) is 29.8 Å². The van der Waals surface area contributed by atoms with Gasteiger partial charge in [0.1, 0.15) is 23.1 Å². The molecule has 0 radical (unpaired) electrons. The molecule has 0 fully saturated rings. The van der Waals surface area contributed by atoms with Crippen LogP contribution in [0.1, 0.15) is 18.1 Å². The van der Waals surface area contributed by atoms with Gasteiger partial charge in [-0.15, -0.1) is 24.0 Å². The third kappa shape index (κ3) is 7.60. The van der Waals surface area contributed by atoms with Crippen molar-refractivity contribution in [3.05, 3.63) is 53.3 Å². The molecule has 0 aliphatic carbocycles. The topological polar surface area (TPSA) is 64.1 Å². The van der Waals surface area contributed by atoms with Gasteiger partial charge >= 0.3 is 0 Å². The number of nitrogens with one attached hydrogen (secondary N) is 2. The minimum absolute atomic E-state index is 0. The van der Waals surface area contributed by atoms with Crippen LogP contribution in [0.5, 0.6) is 17.2 Å². The molecule has 0 aliphatic rings. The highest BCUT2D eigenvalue weighted by Gasteiger charge is 2.13. The zero-order chi connectivity index (χ0) is 20.4. The van der Waals surface area contributed by atoms with E-state index in [1.165, 1.54) is 6.07 Å². The molecule has 0 aromatic heterocycles. The first kappa shape index (κ1) is 24.8. The molecular weight excluding hydrogens is 488 g/mol. The first-order valence-electron chi connectivity index (χ1n) is 9.16. The number of guanidine groups is 1. The number of nitrogens with zero attached hydrogens (tertiary/aromatic N) is 1. The maximum atomic E-state index is 13.3. The minimum Gasteiger partial charge on any atom is -0.496 e. The molecule has 6 nitrogen and oxygen atoms in total. The second kappa shape index (κ2) is 13.1. The first-order valence-corrected chi connectivity index (χ1v) is 9.16. The van der Waals surface area contributed by atoms with Gasteiger partial charge in [0.15, 0.2) is 5.96 Å². The number of rotatable bonds is 9. The molecule has 2 rings (SSSR count). The summed E-state index contributed by atoms with van der Waals surface area (Å²) in [6, 6.07) is 10.2. The summed E-state index contributed by atoms with van der Waals surface area (Å²) in [5.41, 5.74) is 1.76. The monoisotopic (exact) mass is 517 g/mol. The van der Waals surface area contributed by atoms with Crippen LogP contribution in [0.25, 0.3) is 0 Å². The van der Waals surface area contributed by atoms with Gasteiger partial charge in [0, 0.05) is 25.2 Å². The summed E-state index contributed by atoms with van der Waals surface area (Å²) in [5.74, 6) is 2.39.